The van der Waals surface area contributed by atoms with E-state index in [0.717, 1.165) is 6.42 Å². The van der Waals surface area contributed by atoms with Crippen molar-refractivity contribution in [2.75, 3.05) is 13.2 Å². The summed E-state index contributed by atoms with van der Waals surface area (Å²) in [4.78, 5) is 11.5. The highest BCUT2D eigenvalue weighted by atomic mass is 16.5. The van der Waals surface area contributed by atoms with Crippen LogP contribution < -0.4 is 5.32 Å². The summed E-state index contributed by atoms with van der Waals surface area (Å²) in [5, 5.41) is 12.8. The van der Waals surface area contributed by atoms with Gasteiger partial charge in [-0.05, 0) is 33.6 Å². The molecule has 102 valence electrons. The fourth-order valence-corrected chi connectivity index (χ4v) is 1.22. The van der Waals surface area contributed by atoms with Crippen LogP contribution in [0.1, 0.15) is 48.0 Å². The molecule has 0 aliphatic carbocycles. The van der Waals surface area contributed by atoms with Crippen molar-refractivity contribution in [2.45, 2.75) is 59.2 Å². The minimum absolute atomic E-state index is 0.0279. The van der Waals surface area contributed by atoms with E-state index < -0.39 is 5.60 Å². The Balaban J connectivity index is 4.00. The van der Waals surface area contributed by atoms with Gasteiger partial charge in [0, 0.05) is 6.54 Å². The van der Waals surface area contributed by atoms with E-state index in [9.17, 15) is 9.90 Å². The summed E-state index contributed by atoms with van der Waals surface area (Å²) in [6.07, 6.45) is 0.876. The average Bonchev–Trinajstić information content (AvgIpc) is 2.21. The summed E-state index contributed by atoms with van der Waals surface area (Å²) in [6, 6.07) is 0. The monoisotopic (exact) mass is 245 g/mol. The van der Waals surface area contributed by atoms with Gasteiger partial charge < -0.3 is 15.2 Å². The molecule has 0 saturated heterocycles. The zero-order chi connectivity index (χ0) is 13.7. The second kappa shape index (κ2) is 6.36. The normalized spacial score (nSPS) is 17.4. The number of carbonyl (C=O) groups is 1. The number of ether oxygens (including phenoxy) is 1. The van der Waals surface area contributed by atoms with E-state index in [0.29, 0.717) is 0 Å². The van der Waals surface area contributed by atoms with Gasteiger partial charge in [-0.25, -0.2) is 0 Å². The van der Waals surface area contributed by atoms with Crippen LogP contribution in [0.25, 0.3) is 0 Å². The predicted molar refractivity (Wildman–Crippen MR) is 68.8 cm³/mol. The molecule has 0 fully saturated rings. The van der Waals surface area contributed by atoms with Gasteiger partial charge in [-0.2, -0.15) is 0 Å². The van der Waals surface area contributed by atoms with Gasteiger partial charge in [-0.1, -0.05) is 20.3 Å². The van der Waals surface area contributed by atoms with E-state index in [1.165, 1.54) is 0 Å². The molecule has 1 amide bonds. The molecule has 0 heterocycles. The summed E-state index contributed by atoms with van der Waals surface area (Å²) in [6.45, 7) is 11.7. The first kappa shape index (κ1) is 16.4. The Hall–Kier alpha value is -0.610. The Morgan fingerprint density at radius 2 is 1.88 bits per heavy atom. The lowest BCUT2D eigenvalue weighted by Crippen LogP contribution is -2.46. The van der Waals surface area contributed by atoms with E-state index in [4.69, 9.17) is 4.74 Å². The van der Waals surface area contributed by atoms with Crippen LogP contribution >= 0.6 is 0 Å². The van der Waals surface area contributed by atoms with Crippen molar-refractivity contribution in [3.8, 4) is 0 Å². The second-order valence-electron chi connectivity index (χ2n) is 5.84. The fourth-order valence-electron chi connectivity index (χ4n) is 1.22. The molecule has 0 aliphatic rings. The molecule has 0 bridgehead atoms. The molecular weight excluding hydrogens is 218 g/mol. The standard InChI is InChI=1S/C13H27NO3/c1-7-10(2)13(6,16)9-14-11(15)8-17-12(3,4)5/h10,16H,7-9H2,1-6H3,(H,14,15). The summed E-state index contributed by atoms with van der Waals surface area (Å²) in [5.41, 5.74) is -1.19. The number of hydrogen-bond acceptors (Lipinski definition) is 3. The molecule has 0 aromatic carbocycles. The fraction of sp³-hybridized carbons (Fsp3) is 0.923. The van der Waals surface area contributed by atoms with Crippen molar-refractivity contribution >= 4 is 5.91 Å². The highest BCUT2D eigenvalue weighted by Crippen LogP contribution is 2.18. The van der Waals surface area contributed by atoms with Crippen LogP contribution in [0.3, 0.4) is 0 Å². The van der Waals surface area contributed by atoms with Gasteiger partial charge >= 0.3 is 0 Å². The van der Waals surface area contributed by atoms with Crippen molar-refractivity contribution in [2.24, 2.45) is 5.92 Å². The molecule has 2 unspecified atom stereocenters. The minimum atomic E-state index is -0.869. The molecule has 0 aromatic heterocycles. The lowest BCUT2D eigenvalue weighted by molar-refractivity contribution is -0.132. The summed E-state index contributed by atoms with van der Waals surface area (Å²) in [7, 11) is 0. The zero-order valence-corrected chi connectivity index (χ0v) is 12.0. The van der Waals surface area contributed by atoms with Gasteiger partial charge in [0.05, 0.1) is 11.2 Å². The van der Waals surface area contributed by atoms with E-state index in [2.05, 4.69) is 5.32 Å². The Morgan fingerprint density at radius 1 is 1.35 bits per heavy atom. The van der Waals surface area contributed by atoms with Gasteiger partial charge in [0.1, 0.15) is 6.61 Å². The maximum Gasteiger partial charge on any atom is 0.246 e. The number of nitrogens with one attached hydrogen (secondary N) is 1. The zero-order valence-electron chi connectivity index (χ0n) is 12.0. The van der Waals surface area contributed by atoms with Crippen molar-refractivity contribution in [1.29, 1.82) is 0 Å². The molecule has 2 N–H and O–H groups in total. The highest BCUT2D eigenvalue weighted by molar-refractivity contribution is 5.77. The number of rotatable bonds is 6. The second-order valence-corrected chi connectivity index (χ2v) is 5.84. The van der Waals surface area contributed by atoms with Crippen molar-refractivity contribution in [1.82, 2.24) is 5.32 Å². The number of amides is 1. The number of hydrogen-bond donors (Lipinski definition) is 2. The van der Waals surface area contributed by atoms with Crippen LogP contribution in [0.5, 0.6) is 0 Å². The van der Waals surface area contributed by atoms with Crippen LogP contribution in [0.2, 0.25) is 0 Å². The first-order valence-electron chi connectivity index (χ1n) is 6.21. The van der Waals surface area contributed by atoms with Crippen LogP contribution in [0, 0.1) is 5.92 Å². The van der Waals surface area contributed by atoms with E-state index >= 15 is 0 Å². The molecular formula is C13H27NO3. The number of carbonyl (C=O) groups excluding carboxylic acids is 1. The molecule has 0 radical (unpaired) electrons. The van der Waals surface area contributed by atoms with Gasteiger partial charge in [0.25, 0.3) is 0 Å². The molecule has 0 saturated carbocycles. The largest absolute Gasteiger partial charge is 0.388 e. The number of aliphatic hydroxyl groups is 1. The third-order valence-corrected chi connectivity index (χ3v) is 2.95. The molecule has 0 aliphatic heterocycles. The Bertz CT molecular complexity index is 244. The smallest absolute Gasteiger partial charge is 0.246 e. The molecule has 4 heteroatoms. The molecule has 2 atom stereocenters. The highest BCUT2D eigenvalue weighted by Gasteiger charge is 2.27. The Morgan fingerprint density at radius 3 is 2.29 bits per heavy atom. The first-order chi connectivity index (χ1) is 7.58. The SMILES string of the molecule is CCC(C)C(C)(O)CNC(=O)COC(C)(C)C. The van der Waals surface area contributed by atoms with Crippen molar-refractivity contribution in [3.05, 3.63) is 0 Å². The Kier molecular flexibility index (Phi) is 6.13. The summed E-state index contributed by atoms with van der Waals surface area (Å²) in [5.74, 6) is -0.0464. The third-order valence-electron chi connectivity index (χ3n) is 2.95. The first-order valence-corrected chi connectivity index (χ1v) is 6.21. The maximum absolute atomic E-state index is 11.5. The quantitative estimate of drug-likeness (QED) is 0.749. The van der Waals surface area contributed by atoms with E-state index in [1.54, 1.807) is 6.92 Å². The molecule has 0 aromatic rings. The van der Waals surface area contributed by atoms with Crippen LogP contribution in [-0.2, 0) is 9.53 Å². The van der Waals surface area contributed by atoms with Gasteiger partial charge in [0.2, 0.25) is 5.91 Å². The van der Waals surface area contributed by atoms with Crippen LogP contribution in [0.15, 0.2) is 0 Å². The maximum atomic E-state index is 11.5. The molecule has 0 spiro atoms. The van der Waals surface area contributed by atoms with E-state index in [-0.39, 0.29) is 30.6 Å². The van der Waals surface area contributed by atoms with E-state index in [1.807, 2.05) is 34.6 Å². The third kappa shape index (κ3) is 7.34. The predicted octanol–water partition coefficient (Wildman–Crippen LogP) is 1.71. The topological polar surface area (TPSA) is 58.6 Å². The van der Waals surface area contributed by atoms with Crippen molar-refractivity contribution < 1.29 is 14.6 Å². The van der Waals surface area contributed by atoms with Gasteiger partial charge in [-0.15, -0.1) is 0 Å². The molecule has 17 heavy (non-hydrogen) atoms. The summed E-state index contributed by atoms with van der Waals surface area (Å²) >= 11 is 0. The van der Waals surface area contributed by atoms with Crippen LogP contribution in [-0.4, -0.2) is 35.4 Å². The lowest BCUT2D eigenvalue weighted by atomic mass is 9.89. The van der Waals surface area contributed by atoms with Crippen LogP contribution in [0.4, 0.5) is 0 Å². The molecule has 0 rings (SSSR count). The molecule has 4 nitrogen and oxygen atoms in total. The van der Waals surface area contributed by atoms with Crippen molar-refractivity contribution in [3.63, 3.8) is 0 Å². The van der Waals surface area contributed by atoms with Gasteiger partial charge in [-0.3, -0.25) is 4.79 Å². The lowest BCUT2D eigenvalue weighted by Gasteiger charge is -2.30. The summed E-state index contributed by atoms with van der Waals surface area (Å²) < 4.78 is 5.35. The Labute approximate surface area is 105 Å². The minimum Gasteiger partial charge on any atom is -0.388 e. The van der Waals surface area contributed by atoms with Gasteiger partial charge in [0.15, 0.2) is 0 Å². The average molecular weight is 245 g/mol.